The van der Waals surface area contributed by atoms with Crippen molar-refractivity contribution in [1.82, 2.24) is 14.8 Å². The van der Waals surface area contributed by atoms with Crippen LogP contribution in [-0.2, 0) is 6.61 Å². The number of hydrogen-bond acceptors (Lipinski definition) is 7. The van der Waals surface area contributed by atoms with E-state index in [9.17, 15) is 10.1 Å². The second-order valence-electron chi connectivity index (χ2n) is 8.93. The predicted molar refractivity (Wildman–Crippen MR) is 160 cm³/mol. The first-order chi connectivity index (χ1) is 18.7. The molecule has 3 aromatic carbocycles. The highest BCUT2D eigenvalue weighted by atomic mass is 79.9. The van der Waals surface area contributed by atoms with Crippen LogP contribution in [0.5, 0.6) is 11.5 Å². The van der Waals surface area contributed by atoms with Gasteiger partial charge in [0.2, 0.25) is 6.54 Å². The molecule has 39 heavy (non-hydrogen) atoms. The number of benzene rings is 3. The first-order valence-electron chi connectivity index (χ1n) is 12.3. The van der Waals surface area contributed by atoms with Crippen LogP contribution in [0.15, 0.2) is 68.7 Å². The first-order valence-corrected chi connectivity index (χ1v) is 14.7. The molecular weight excluding hydrogens is 648 g/mol. The van der Waals surface area contributed by atoms with Gasteiger partial charge in [-0.2, -0.15) is 0 Å². The van der Waals surface area contributed by atoms with Crippen molar-refractivity contribution in [3.63, 3.8) is 0 Å². The maximum atomic E-state index is 11.7. The van der Waals surface area contributed by atoms with E-state index in [0.29, 0.717) is 40.2 Å². The maximum absolute atomic E-state index is 11.7. The lowest BCUT2D eigenvalue weighted by Crippen LogP contribution is -2.12. The molecule has 1 aromatic heterocycles. The van der Waals surface area contributed by atoms with Crippen LogP contribution >= 0.6 is 43.6 Å². The Balaban J connectivity index is 1.67. The van der Waals surface area contributed by atoms with Crippen LogP contribution < -0.4 is 9.47 Å². The fourth-order valence-electron chi connectivity index (χ4n) is 3.97. The molecule has 0 spiro atoms. The van der Waals surface area contributed by atoms with Crippen molar-refractivity contribution in [1.29, 1.82) is 0 Å². The van der Waals surface area contributed by atoms with Crippen molar-refractivity contribution >= 4 is 43.6 Å². The molecule has 1 atom stereocenters. The van der Waals surface area contributed by atoms with E-state index in [0.717, 1.165) is 26.9 Å². The monoisotopic (exact) mass is 674 g/mol. The van der Waals surface area contributed by atoms with Crippen molar-refractivity contribution < 1.29 is 14.4 Å². The van der Waals surface area contributed by atoms with Crippen molar-refractivity contribution in [3.05, 3.63) is 102 Å². The molecule has 4 rings (SSSR count). The van der Waals surface area contributed by atoms with Crippen molar-refractivity contribution in [2.45, 2.75) is 44.7 Å². The van der Waals surface area contributed by atoms with Gasteiger partial charge in [0.25, 0.3) is 0 Å². The fraction of sp³-hybridized carbons (Fsp3) is 0.286. The minimum Gasteiger partial charge on any atom is -0.490 e. The van der Waals surface area contributed by atoms with E-state index in [-0.39, 0.29) is 11.5 Å². The Morgan fingerprint density at radius 1 is 1.00 bits per heavy atom. The molecule has 11 heteroatoms. The number of nitrogens with zero attached hydrogens (tertiary/aromatic N) is 4. The molecule has 0 fully saturated rings. The molecule has 0 aliphatic carbocycles. The van der Waals surface area contributed by atoms with Crippen LogP contribution in [0.2, 0.25) is 0 Å². The molecule has 4 aromatic rings. The summed E-state index contributed by atoms with van der Waals surface area (Å²) in [7, 11) is 0. The number of nitro groups is 1. The lowest BCUT2D eigenvalue weighted by Gasteiger charge is -2.19. The van der Waals surface area contributed by atoms with Gasteiger partial charge < -0.3 is 9.47 Å². The minimum absolute atomic E-state index is 0.305. The van der Waals surface area contributed by atoms with Crippen LogP contribution in [0.25, 0.3) is 5.69 Å². The quantitative estimate of drug-likeness (QED) is 0.0910. The summed E-state index contributed by atoms with van der Waals surface area (Å²) in [6.07, 6.45) is 0. The summed E-state index contributed by atoms with van der Waals surface area (Å²) in [4.78, 5) is 11.4. The largest absolute Gasteiger partial charge is 0.490 e. The second kappa shape index (κ2) is 13.0. The number of thioether (sulfide) groups is 1. The molecule has 0 bridgehead atoms. The Labute approximate surface area is 248 Å². The second-order valence-corrected chi connectivity index (χ2v) is 11.9. The third-order valence-corrected chi connectivity index (χ3v) is 8.40. The van der Waals surface area contributed by atoms with Crippen LogP contribution in [0.3, 0.4) is 0 Å². The molecule has 0 aliphatic rings. The Kier molecular flexibility index (Phi) is 9.68. The lowest BCUT2D eigenvalue weighted by atomic mass is 10.1. The third kappa shape index (κ3) is 7.20. The maximum Gasteiger partial charge on any atom is 0.220 e. The molecule has 8 nitrogen and oxygen atoms in total. The molecule has 204 valence electrons. The highest BCUT2D eigenvalue weighted by Gasteiger charge is 2.26. The number of halogens is 2. The number of rotatable bonds is 11. The standard InChI is InChI=1S/C28H28Br2N4O4S/c1-5-37-25-14-21(13-24(30)27(25)38-16-20-7-9-22(29)10-8-20)26(15-33(35)36)39-28-32-31-19(4)34(28)23-11-6-17(2)18(3)12-23/h6-14,26H,5,15-16H2,1-4H3/t26-/m1/s1. The molecule has 0 saturated heterocycles. The number of hydrogen-bond donors (Lipinski definition) is 0. The highest BCUT2D eigenvalue weighted by molar-refractivity contribution is 9.10. The summed E-state index contributed by atoms with van der Waals surface area (Å²) in [5, 5.41) is 20.4. The van der Waals surface area contributed by atoms with Gasteiger partial charge in [0, 0.05) is 15.1 Å². The highest BCUT2D eigenvalue weighted by Crippen LogP contribution is 2.43. The average molecular weight is 676 g/mol. The predicted octanol–water partition coefficient (Wildman–Crippen LogP) is 7.81. The Bertz CT molecular complexity index is 1480. The number of aryl methyl sites for hydroxylation is 3. The zero-order valence-corrected chi connectivity index (χ0v) is 26.0. The molecule has 0 unspecified atom stereocenters. The van der Waals surface area contributed by atoms with Gasteiger partial charge in [-0.1, -0.05) is 45.9 Å². The molecule has 0 amide bonds. The molecule has 0 N–H and O–H groups in total. The van der Waals surface area contributed by atoms with Gasteiger partial charge in [0.05, 0.1) is 11.1 Å². The smallest absolute Gasteiger partial charge is 0.220 e. The normalized spacial score (nSPS) is 11.8. The molecular formula is C28H28Br2N4O4S. The SMILES string of the molecule is CCOc1cc([C@@H](C[N+](=O)[O-])Sc2nnc(C)n2-c2ccc(C)c(C)c2)cc(Br)c1OCc1ccc(Br)cc1. The van der Waals surface area contributed by atoms with Crippen molar-refractivity contribution in [2.24, 2.45) is 0 Å². The van der Waals surface area contributed by atoms with Gasteiger partial charge in [-0.25, -0.2) is 0 Å². The van der Waals surface area contributed by atoms with E-state index in [4.69, 9.17) is 9.47 Å². The number of ether oxygens (including phenoxy) is 2. The van der Waals surface area contributed by atoms with Gasteiger partial charge in [-0.15, -0.1) is 10.2 Å². The number of aromatic nitrogens is 3. The van der Waals surface area contributed by atoms with E-state index in [1.807, 2.05) is 73.9 Å². The van der Waals surface area contributed by atoms with Gasteiger partial charge in [-0.3, -0.25) is 14.7 Å². The van der Waals surface area contributed by atoms with Crippen LogP contribution in [0, 0.1) is 30.9 Å². The van der Waals surface area contributed by atoms with Gasteiger partial charge >= 0.3 is 0 Å². The van der Waals surface area contributed by atoms with E-state index in [1.165, 1.54) is 17.3 Å². The summed E-state index contributed by atoms with van der Waals surface area (Å²) in [5.41, 5.74) is 4.95. The fourth-order valence-corrected chi connectivity index (χ4v) is 5.96. The minimum atomic E-state index is -0.551. The molecule has 0 aliphatic heterocycles. The van der Waals surface area contributed by atoms with Gasteiger partial charge in [-0.05, 0) is 102 Å². The zero-order valence-electron chi connectivity index (χ0n) is 22.0. The molecule has 0 saturated carbocycles. The van der Waals surface area contributed by atoms with Gasteiger partial charge in [0.15, 0.2) is 16.7 Å². The van der Waals surface area contributed by atoms with Crippen LogP contribution in [-0.4, -0.2) is 32.8 Å². The van der Waals surface area contributed by atoms with E-state index in [2.05, 4.69) is 55.0 Å². The van der Waals surface area contributed by atoms with E-state index < -0.39 is 5.25 Å². The first kappa shape index (κ1) is 29.1. The van der Waals surface area contributed by atoms with Crippen LogP contribution in [0.1, 0.15) is 40.3 Å². The molecule has 0 radical (unpaired) electrons. The van der Waals surface area contributed by atoms with Crippen molar-refractivity contribution in [3.8, 4) is 17.2 Å². The summed E-state index contributed by atoms with van der Waals surface area (Å²) < 4.78 is 15.6. The molecule has 1 heterocycles. The summed E-state index contributed by atoms with van der Waals surface area (Å²) >= 11 is 8.36. The zero-order chi connectivity index (χ0) is 28.1. The van der Waals surface area contributed by atoms with Crippen LogP contribution in [0.4, 0.5) is 0 Å². The average Bonchev–Trinajstić information content (AvgIpc) is 3.25. The van der Waals surface area contributed by atoms with Gasteiger partial charge in [0.1, 0.15) is 17.7 Å². The summed E-state index contributed by atoms with van der Waals surface area (Å²) in [6, 6.07) is 17.7. The van der Waals surface area contributed by atoms with Crippen molar-refractivity contribution in [2.75, 3.05) is 13.2 Å². The lowest BCUT2D eigenvalue weighted by molar-refractivity contribution is -0.479. The van der Waals surface area contributed by atoms with E-state index >= 15 is 0 Å². The third-order valence-electron chi connectivity index (χ3n) is 6.11. The Hall–Kier alpha value is -2.89. The Morgan fingerprint density at radius 2 is 1.74 bits per heavy atom. The summed E-state index contributed by atoms with van der Waals surface area (Å²) in [5.74, 6) is 1.76. The Morgan fingerprint density at radius 3 is 2.41 bits per heavy atom. The van der Waals surface area contributed by atoms with E-state index in [1.54, 1.807) is 0 Å². The summed E-state index contributed by atoms with van der Waals surface area (Å²) in [6.45, 7) is 8.32. The topological polar surface area (TPSA) is 92.3 Å².